The summed E-state index contributed by atoms with van der Waals surface area (Å²) in [6.45, 7) is 3.44. The molecule has 1 heterocycles. The van der Waals surface area contributed by atoms with Gasteiger partial charge in [0, 0.05) is 5.56 Å². The third kappa shape index (κ3) is 2.09. The first-order valence-electron chi connectivity index (χ1n) is 6.77. The largest absolute Gasteiger partial charge is 0.494 e. The summed E-state index contributed by atoms with van der Waals surface area (Å²) in [7, 11) is 0. The van der Waals surface area contributed by atoms with Crippen LogP contribution in [0.25, 0.3) is 0 Å². The zero-order chi connectivity index (χ0) is 12.4. The lowest BCUT2D eigenvalue weighted by atomic mass is 10.0. The lowest BCUT2D eigenvalue weighted by Gasteiger charge is -2.14. The Morgan fingerprint density at radius 3 is 2.61 bits per heavy atom. The Kier molecular flexibility index (Phi) is 2.98. The maximum atomic E-state index is 5.79. The summed E-state index contributed by atoms with van der Waals surface area (Å²) in [4.78, 5) is 4.82. The minimum absolute atomic E-state index is 0.0912. The van der Waals surface area contributed by atoms with Crippen LogP contribution in [0.2, 0.25) is 0 Å². The van der Waals surface area contributed by atoms with Crippen molar-refractivity contribution in [2.24, 2.45) is 4.99 Å². The molecule has 1 fully saturated rings. The molecule has 0 bridgehead atoms. The molecule has 96 valence electrons. The highest BCUT2D eigenvalue weighted by Gasteiger charge is 2.39. The number of ether oxygens (including phenoxy) is 2. The van der Waals surface area contributed by atoms with Crippen LogP contribution in [0.15, 0.2) is 29.3 Å². The van der Waals surface area contributed by atoms with Gasteiger partial charge in [-0.25, -0.2) is 4.99 Å². The summed E-state index contributed by atoms with van der Waals surface area (Å²) in [5.74, 6) is 1.70. The van der Waals surface area contributed by atoms with Crippen LogP contribution in [-0.4, -0.2) is 24.7 Å². The molecular formula is C15H19NO2. The quantitative estimate of drug-likeness (QED) is 0.819. The third-order valence-electron chi connectivity index (χ3n) is 3.76. The summed E-state index contributed by atoms with van der Waals surface area (Å²) in [5, 5.41) is 0. The maximum Gasteiger partial charge on any atom is 0.216 e. The van der Waals surface area contributed by atoms with Gasteiger partial charge in [0.05, 0.1) is 12.1 Å². The van der Waals surface area contributed by atoms with Gasteiger partial charge in [-0.3, -0.25) is 0 Å². The standard InChI is InChI=1S/C15H19NO2/c1-2-17-13-7-5-12(6-8-13)14-16-15(11-18-14)9-3-4-10-15/h5-8H,2-4,9-11H2,1H3. The number of nitrogens with zero attached hydrogens (tertiary/aromatic N) is 1. The summed E-state index contributed by atoms with van der Waals surface area (Å²) >= 11 is 0. The van der Waals surface area contributed by atoms with Crippen molar-refractivity contribution in [2.75, 3.05) is 13.2 Å². The van der Waals surface area contributed by atoms with Crippen molar-refractivity contribution in [1.82, 2.24) is 0 Å². The van der Waals surface area contributed by atoms with E-state index in [4.69, 9.17) is 14.5 Å². The molecular weight excluding hydrogens is 226 g/mol. The molecule has 0 atom stereocenters. The van der Waals surface area contributed by atoms with Gasteiger partial charge in [0.1, 0.15) is 12.4 Å². The minimum Gasteiger partial charge on any atom is -0.494 e. The van der Waals surface area contributed by atoms with E-state index in [9.17, 15) is 0 Å². The van der Waals surface area contributed by atoms with Crippen molar-refractivity contribution >= 4 is 5.90 Å². The topological polar surface area (TPSA) is 30.8 Å². The Morgan fingerprint density at radius 1 is 1.22 bits per heavy atom. The molecule has 1 aromatic rings. The zero-order valence-electron chi connectivity index (χ0n) is 10.8. The van der Waals surface area contributed by atoms with E-state index in [0.717, 1.165) is 23.8 Å². The molecule has 0 N–H and O–H groups in total. The Morgan fingerprint density at radius 2 is 1.94 bits per heavy atom. The first-order chi connectivity index (χ1) is 8.81. The van der Waals surface area contributed by atoms with E-state index in [-0.39, 0.29) is 5.54 Å². The van der Waals surface area contributed by atoms with E-state index in [0.29, 0.717) is 6.61 Å². The molecule has 0 unspecified atom stereocenters. The second kappa shape index (κ2) is 4.63. The van der Waals surface area contributed by atoms with Gasteiger partial charge in [-0.2, -0.15) is 0 Å². The van der Waals surface area contributed by atoms with Crippen LogP contribution < -0.4 is 4.74 Å². The molecule has 3 heteroatoms. The summed E-state index contributed by atoms with van der Waals surface area (Å²) < 4.78 is 11.2. The van der Waals surface area contributed by atoms with Crippen LogP contribution in [0.3, 0.4) is 0 Å². The molecule has 1 aliphatic carbocycles. The molecule has 1 aliphatic heterocycles. The van der Waals surface area contributed by atoms with Crippen LogP contribution >= 0.6 is 0 Å². The molecule has 1 saturated carbocycles. The molecule has 0 amide bonds. The lowest BCUT2D eigenvalue weighted by molar-refractivity contribution is 0.258. The molecule has 1 aromatic carbocycles. The summed E-state index contributed by atoms with van der Waals surface area (Å²) in [6, 6.07) is 8.00. The Labute approximate surface area is 108 Å². The van der Waals surface area contributed by atoms with E-state index in [1.54, 1.807) is 0 Å². The zero-order valence-corrected chi connectivity index (χ0v) is 10.8. The normalized spacial score (nSPS) is 20.8. The third-order valence-corrected chi connectivity index (χ3v) is 3.76. The average molecular weight is 245 g/mol. The number of hydrogen-bond donors (Lipinski definition) is 0. The first kappa shape index (κ1) is 11.6. The SMILES string of the molecule is CCOc1ccc(C2=NC3(CCCC3)CO2)cc1. The van der Waals surface area contributed by atoms with E-state index in [1.807, 2.05) is 31.2 Å². The van der Waals surface area contributed by atoms with Crippen LogP contribution in [0, 0.1) is 0 Å². The highest BCUT2D eigenvalue weighted by atomic mass is 16.5. The maximum absolute atomic E-state index is 5.79. The van der Waals surface area contributed by atoms with Crippen LogP contribution in [-0.2, 0) is 4.74 Å². The van der Waals surface area contributed by atoms with Crippen molar-refractivity contribution in [3.8, 4) is 5.75 Å². The molecule has 18 heavy (non-hydrogen) atoms. The molecule has 1 spiro atoms. The van der Waals surface area contributed by atoms with Crippen molar-refractivity contribution in [2.45, 2.75) is 38.1 Å². The minimum atomic E-state index is 0.0912. The highest BCUT2D eigenvalue weighted by molar-refractivity contribution is 5.95. The van der Waals surface area contributed by atoms with Crippen molar-refractivity contribution < 1.29 is 9.47 Å². The highest BCUT2D eigenvalue weighted by Crippen LogP contribution is 2.37. The second-order valence-corrected chi connectivity index (χ2v) is 5.09. The number of benzene rings is 1. The molecule has 3 nitrogen and oxygen atoms in total. The molecule has 0 radical (unpaired) electrons. The molecule has 3 rings (SSSR count). The lowest BCUT2D eigenvalue weighted by Crippen LogP contribution is -2.22. The van der Waals surface area contributed by atoms with Gasteiger partial charge in [0.2, 0.25) is 5.90 Å². The van der Waals surface area contributed by atoms with Gasteiger partial charge in [0.25, 0.3) is 0 Å². The first-order valence-corrected chi connectivity index (χ1v) is 6.77. The molecule has 0 saturated heterocycles. The van der Waals surface area contributed by atoms with Crippen LogP contribution in [0.4, 0.5) is 0 Å². The van der Waals surface area contributed by atoms with Gasteiger partial charge in [-0.1, -0.05) is 12.8 Å². The fourth-order valence-electron chi connectivity index (χ4n) is 2.78. The van der Waals surface area contributed by atoms with Gasteiger partial charge in [0.15, 0.2) is 0 Å². The van der Waals surface area contributed by atoms with E-state index in [2.05, 4.69) is 0 Å². The van der Waals surface area contributed by atoms with Gasteiger partial charge < -0.3 is 9.47 Å². The summed E-state index contributed by atoms with van der Waals surface area (Å²) in [5.41, 5.74) is 1.15. The summed E-state index contributed by atoms with van der Waals surface area (Å²) in [6.07, 6.45) is 4.91. The molecule has 0 aromatic heterocycles. The monoisotopic (exact) mass is 245 g/mol. The smallest absolute Gasteiger partial charge is 0.216 e. The number of rotatable bonds is 3. The predicted octanol–water partition coefficient (Wildman–Crippen LogP) is 3.17. The van der Waals surface area contributed by atoms with Crippen molar-refractivity contribution in [3.05, 3.63) is 29.8 Å². The van der Waals surface area contributed by atoms with E-state index >= 15 is 0 Å². The van der Waals surface area contributed by atoms with E-state index in [1.165, 1.54) is 25.7 Å². The molecule has 2 aliphatic rings. The second-order valence-electron chi connectivity index (χ2n) is 5.09. The number of hydrogen-bond acceptors (Lipinski definition) is 3. The van der Waals surface area contributed by atoms with Crippen molar-refractivity contribution in [3.63, 3.8) is 0 Å². The average Bonchev–Trinajstić information content (AvgIpc) is 3.02. The van der Waals surface area contributed by atoms with Crippen LogP contribution in [0.1, 0.15) is 38.2 Å². The Bertz CT molecular complexity index is 444. The van der Waals surface area contributed by atoms with Crippen LogP contribution in [0.5, 0.6) is 5.75 Å². The number of aliphatic imine (C=N–C) groups is 1. The van der Waals surface area contributed by atoms with Crippen molar-refractivity contribution in [1.29, 1.82) is 0 Å². The Hall–Kier alpha value is -1.51. The predicted molar refractivity (Wildman–Crippen MR) is 71.3 cm³/mol. The fourth-order valence-corrected chi connectivity index (χ4v) is 2.78. The van der Waals surface area contributed by atoms with Gasteiger partial charge in [-0.05, 0) is 44.0 Å². The van der Waals surface area contributed by atoms with Gasteiger partial charge >= 0.3 is 0 Å². The Balaban J connectivity index is 1.79. The van der Waals surface area contributed by atoms with E-state index < -0.39 is 0 Å². The fraction of sp³-hybridized carbons (Fsp3) is 0.533. The van der Waals surface area contributed by atoms with Gasteiger partial charge in [-0.15, -0.1) is 0 Å².